The predicted molar refractivity (Wildman–Crippen MR) is 111 cm³/mol. The van der Waals surface area contributed by atoms with E-state index in [1.807, 2.05) is 59.4 Å². The highest BCUT2D eigenvalue weighted by Crippen LogP contribution is 2.37. The third-order valence-corrected chi connectivity index (χ3v) is 6.32. The van der Waals surface area contributed by atoms with Gasteiger partial charge in [0.25, 0.3) is 0 Å². The molecule has 0 radical (unpaired) electrons. The van der Waals surface area contributed by atoms with E-state index in [4.69, 9.17) is 10.5 Å². The van der Waals surface area contributed by atoms with Crippen molar-refractivity contribution < 1.29 is 0 Å². The smallest absolute Gasteiger partial charge is 0.131 e. The molecule has 3 aromatic heterocycles. The van der Waals surface area contributed by atoms with Gasteiger partial charge in [0.15, 0.2) is 0 Å². The first-order valence-electron chi connectivity index (χ1n) is 8.41. The minimum absolute atomic E-state index is 0.107. The Bertz CT molecular complexity index is 1200. The number of allylic oxidation sites excluding steroid dienone is 1. The van der Waals surface area contributed by atoms with Gasteiger partial charge in [0.1, 0.15) is 23.4 Å². The molecule has 134 valence electrons. The average molecular weight is 400 g/mol. The summed E-state index contributed by atoms with van der Waals surface area (Å²) in [5, 5.41) is 26.3. The molecule has 28 heavy (non-hydrogen) atoms. The number of nitriles is 2. The van der Waals surface area contributed by atoms with Crippen LogP contribution < -0.4 is 0 Å². The van der Waals surface area contributed by atoms with Gasteiger partial charge in [-0.2, -0.15) is 10.5 Å². The second-order valence-corrected chi connectivity index (χ2v) is 8.13. The molecule has 0 aliphatic carbocycles. The van der Waals surface area contributed by atoms with E-state index in [0.29, 0.717) is 6.54 Å². The molecule has 1 aromatic carbocycles. The van der Waals surface area contributed by atoms with Crippen LogP contribution in [0.2, 0.25) is 0 Å². The Labute approximate surface area is 170 Å². The number of nitrogens with zero attached hydrogens (tertiary/aromatic N) is 5. The van der Waals surface area contributed by atoms with Crippen LogP contribution in [0.5, 0.6) is 0 Å². The van der Waals surface area contributed by atoms with Crippen molar-refractivity contribution >= 4 is 28.7 Å². The fourth-order valence-corrected chi connectivity index (χ4v) is 4.66. The van der Waals surface area contributed by atoms with Gasteiger partial charge in [0, 0.05) is 14.6 Å². The molecule has 4 rings (SSSR count). The number of hydrogen-bond donors (Lipinski definition) is 0. The molecule has 0 amide bonds. The normalized spacial score (nSPS) is 10.2. The van der Waals surface area contributed by atoms with Gasteiger partial charge >= 0.3 is 0 Å². The maximum Gasteiger partial charge on any atom is 0.131 e. The van der Waals surface area contributed by atoms with Crippen molar-refractivity contribution in [3.05, 3.63) is 76.8 Å². The van der Waals surface area contributed by atoms with E-state index < -0.39 is 0 Å². The zero-order chi connectivity index (χ0) is 19.3. The topological polar surface area (TPSA) is 78.3 Å². The Kier molecular flexibility index (Phi) is 5.11. The van der Waals surface area contributed by atoms with Crippen molar-refractivity contribution in [2.45, 2.75) is 6.54 Å². The third kappa shape index (κ3) is 3.91. The molecule has 0 bridgehead atoms. The molecule has 5 nitrogen and oxygen atoms in total. The predicted octanol–water partition coefficient (Wildman–Crippen LogP) is 5.21. The zero-order valence-electron chi connectivity index (χ0n) is 14.6. The van der Waals surface area contributed by atoms with E-state index in [-0.39, 0.29) is 5.57 Å². The summed E-state index contributed by atoms with van der Waals surface area (Å²) in [6.07, 6.45) is 3.56. The van der Waals surface area contributed by atoms with Crippen LogP contribution in [-0.4, -0.2) is 15.0 Å². The van der Waals surface area contributed by atoms with Gasteiger partial charge in [-0.1, -0.05) is 35.5 Å². The quantitative estimate of drug-likeness (QED) is 0.431. The summed E-state index contributed by atoms with van der Waals surface area (Å²) in [5.41, 5.74) is 2.13. The highest BCUT2D eigenvalue weighted by molar-refractivity contribution is 7.24. The van der Waals surface area contributed by atoms with Gasteiger partial charge in [-0.3, -0.25) is 0 Å². The summed E-state index contributed by atoms with van der Waals surface area (Å²) in [4.78, 5) is 4.15. The Morgan fingerprint density at radius 2 is 1.64 bits per heavy atom. The van der Waals surface area contributed by atoms with Gasteiger partial charge in [0.05, 0.1) is 17.6 Å². The molecule has 0 unspecified atom stereocenters. The Morgan fingerprint density at radius 3 is 2.43 bits per heavy atom. The van der Waals surface area contributed by atoms with Gasteiger partial charge in [-0.05, 0) is 35.9 Å². The minimum atomic E-state index is 0.107. The molecule has 0 saturated heterocycles. The van der Waals surface area contributed by atoms with Crippen LogP contribution in [0.3, 0.4) is 0 Å². The first kappa shape index (κ1) is 17.9. The maximum absolute atomic E-state index is 8.89. The van der Waals surface area contributed by atoms with Crippen molar-refractivity contribution in [3.63, 3.8) is 0 Å². The van der Waals surface area contributed by atoms with E-state index in [2.05, 4.69) is 28.5 Å². The Balaban J connectivity index is 1.53. The van der Waals surface area contributed by atoms with Crippen molar-refractivity contribution in [2.24, 2.45) is 0 Å². The molecule has 0 aliphatic heterocycles. The highest BCUT2D eigenvalue weighted by Gasteiger charge is 2.10. The largest absolute Gasteiger partial charge is 0.247 e. The molecular weight excluding hydrogens is 386 g/mol. The van der Waals surface area contributed by atoms with Crippen LogP contribution in [0.15, 0.2) is 66.4 Å². The lowest BCUT2D eigenvalue weighted by atomic mass is 10.2. The van der Waals surface area contributed by atoms with Gasteiger partial charge < -0.3 is 0 Å². The van der Waals surface area contributed by atoms with Gasteiger partial charge in [-0.15, -0.1) is 27.8 Å². The van der Waals surface area contributed by atoms with Gasteiger partial charge in [-0.25, -0.2) is 4.68 Å². The SMILES string of the molecule is N#CC(C#N)=Cc1ccc(-c2ccc(-c3cn(Cc4ccccc4)nn3)s2)s1. The molecule has 0 aliphatic rings. The van der Waals surface area contributed by atoms with Crippen molar-refractivity contribution in [1.82, 2.24) is 15.0 Å². The molecule has 0 N–H and O–H groups in total. The summed E-state index contributed by atoms with van der Waals surface area (Å²) >= 11 is 3.20. The van der Waals surface area contributed by atoms with Crippen molar-refractivity contribution in [3.8, 4) is 32.5 Å². The molecule has 0 atom stereocenters. The van der Waals surface area contributed by atoms with E-state index in [1.165, 1.54) is 5.56 Å². The maximum atomic E-state index is 8.89. The number of aromatic nitrogens is 3. The monoisotopic (exact) mass is 399 g/mol. The lowest BCUT2D eigenvalue weighted by Crippen LogP contribution is -1.99. The van der Waals surface area contributed by atoms with Crippen molar-refractivity contribution in [2.75, 3.05) is 0 Å². The number of hydrogen-bond acceptors (Lipinski definition) is 6. The second-order valence-electron chi connectivity index (χ2n) is 5.93. The average Bonchev–Trinajstić information content (AvgIpc) is 3.47. The first-order chi connectivity index (χ1) is 13.7. The minimum Gasteiger partial charge on any atom is -0.247 e. The standard InChI is InChI=1S/C21H13N5S2/c22-11-16(12-23)10-17-6-7-20(27-17)21-9-8-19(28-21)18-14-26(25-24-18)13-15-4-2-1-3-5-15/h1-10,14H,13H2. The van der Waals surface area contributed by atoms with Crippen LogP contribution in [0.1, 0.15) is 10.4 Å². The molecule has 7 heteroatoms. The molecule has 0 saturated carbocycles. The summed E-state index contributed by atoms with van der Waals surface area (Å²) in [6, 6.07) is 22.0. The fourth-order valence-electron chi connectivity index (χ4n) is 2.66. The first-order valence-corrected chi connectivity index (χ1v) is 10.0. The molecular formula is C21H13N5S2. The summed E-state index contributed by atoms with van der Waals surface area (Å²) in [5.74, 6) is 0. The van der Waals surface area contributed by atoms with E-state index in [0.717, 1.165) is 25.2 Å². The summed E-state index contributed by atoms with van der Waals surface area (Å²) < 4.78 is 1.84. The lowest BCUT2D eigenvalue weighted by molar-refractivity contribution is 0.650. The van der Waals surface area contributed by atoms with Crippen LogP contribution in [0.4, 0.5) is 0 Å². The molecule has 4 aromatic rings. The Morgan fingerprint density at radius 1 is 0.929 bits per heavy atom. The van der Waals surface area contributed by atoms with Crippen LogP contribution >= 0.6 is 22.7 Å². The van der Waals surface area contributed by atoms with E-state index in [1.54, 1.807) is 28.7 Å². The highest BCUT2D eigenvalue weighted by atomic mass is 32.1. The van der Waals surface area contributed by atoms with E-state index >= 15 is 0 Å². The van der Waals surface area contributed by atoms with Crippen LogP contribution in [0.25, 0.3) is 26.4 Å². The second kappa shape index (κ2) is 8.01. The third-order valence-electron chi connectivity index (χ3n) is 3.98. The number of thiophene rings is 2. The van der Waals surface area contributed by atoms with Crippen molar-refractivity contribution in [1.29, 1.82) is 10.5 Å². The van der Waals surface area contributed by atoms with Gasteiger partial charge in [0.2, 0.25) is 0 Å². The zero-order valence-corrected chi connectivity index (χ0v) is 16.2. The molecule has 0 fully saturated rings. The number of benzene rings is 1. The fraction of sp³-hybridized carbons (Fsp3) is 0.0476. The Hall–Kier alpha value is -3.52. The summed E-state index contributed by atoms with van der Waals surface area (Å²) in [6.45, 7) is 0.687. The lowest BCUT2D eigenvalue weighted by Gasteiger charge is -1.99. The van der Waals surface area contributed by atoms with Crippen LogP contribution in [-0.2, 0) is 6.54 Å². The number of rotatable bonds is 5. The molecule has 3 heterocycles. The molecule has 0 spiro atoms. The van der Waals surface area contributed by atoms with E-state index in [9.17, 15) is 0 Å². The summed E-state index contributed by atoms with van der Waals surface area (Å²) in [7, 11) is 0. The van der Waals surface area contributed by atoms with Crippen LogP contribution in [0, 0.1) is 22.7 Å².